The summed E-state index contributed by atoms with van der Waals surface area (Å²) >= 11 is 0. The first-order valence-electron chi connectivity index (χ1n) is 8.93. The molecular weight excluding hydrogens is 230 g/mol. The van der Waals surface area contributed by atoms with Crippen LogP contribution in [0.4, 0.5) is 0 Å². The summed E-state index contributed by atoms with van der Waals surface area (Å²) in [4.78, 5) is 0. The Morgan fingerprint density at radius 3 is 1.84 bits per heavy atom. The quantitative estimate of drug-likeness (QED) is 0.394. The normalized spacial score (nSPS) is 13.1. The van der Waals surface area contributed by atoms with Gasteiger partial charge in [0.25, 0.3) is 0 Å². The highest BCUT2D eigenvalue weighted by atomic mass is 14.9. The molecule has 116 valence electrons. The fraction of sp³-hybridized carbons (Fsp3) is 1.00. The molecule has 0 aromatic carbocycles. The van der Waals surface area contributed by atoms with E-state index in [2.05, 4.69) is 33.0 Å². The highest BCUT2D eigenvalue weighted by Crippen LogP contribution is 2.19. The van der Waals surface area contributed by atoms with E-state index < -0.39 is 0 Å². The van der Waals surface area contributed by atoms with Crippen LogP contribution in [0.3, 0.4) is 0 Å². The Bertz CT molecular complexity index is 165. The molecule has 0 aliphatic carbocycles. The van der Waals surface area contributed by atoms with E-state index in [4.69, 9.17) is 0 Å². The topological polar surface area (TPSA) is 12.0 Å². The van der Waals surface area contributed by atoms with Crippen molar-refractivity contribution >= 4 is 0 Å². The van der Waals surface area contributed by atoms with E-state index in [9.17, 15) is 0 Å². The zero-order valence-electron chi connectivity index (χ0n) is 14.1. The van der Waals surface area contributed by atoms with Crippen LogP contribution in [0.1, 0.15) is 91.9 Å². The van der Waals surface area contributed by atoms with Gasteiger partial charge in [-0.05, 0) is 37.8 Å². The molecule has 0 heterocycles. The lowest BCUT2D eigenvalue weighted by Gasteiger charge is -2.21. The molecule has 0 rings (SSSR count). The van der Waals surface area contributed by atoms with Crippen LogP contribution in [0.2, 0.25) is 0 Å². The molecule has 0 aliphatic rings. The van der Waals surface area contributed by atoms with Gasteiger partial charge >= 0.3 is 0 Å². The second-order valence-corrected chi connectivity index (χ2v) is 6.47. The van der Waals surface area contributed by atoms with Gasteiger partial charge in [0, 0.05) is 0 Å². The highest BCUT2D eigenvalue weighted by Gasteiger charge is 2.12. The lowest BCUT2D eigenvalue weighted by atomic mass is 9.90. The van der Waals surface area contributed by atoms with Gasteiger partial charge in [-0.15, -0.1) is 0 Å². The van der Waals surface area contributed by atoms with Gasteiger partial charge < -0.3 is 5.32 Å². The zero-order chi connectivity index (χ0) is 14.3. The maximum absolute atomic E-state index is 3.59. The van der Waals surface area contributed by atoms with E-state index in [1.165, 1.54) is 77.3 Å². The molecule has 1 heteroatoms. The van der Waals surface area contributed by atoms with E-state index in [1.807, 2.05) is 0 Å². The molecule has 0 bridgehead atoms. The van der Waals surface area contributed by atoms with Crippen molar-refractivity contribution < 1.29 is 0 Å². The van der Waals surface area contributed by atoms with Gasteiger partial charge in [-0.25, -0.2) is 0 Å². The molecule has 19 heavy (non-hydrogen) atoms. The van der Waals surface area contributed by atoms with Crippen LogP contribution in [-0.4, -0.2) is 13.1 Å². The number of rotatable bonds is 14. The van der Waals surface area contributed by atoms with Gasteiger partial charge in [-0.2, -0.15) is 0 Å². The molecular formula is C18H39N. The monoisotopic (exact) mass is 269 g/mol. The van der Waals surface area contributed by atoms with Crippen LogP contribution < -0.4 is 5.32 Å². The van der Waals surface area contributed by atoms with Crippen LogP contribution in [-0.2, 0) is 0 Å². The average molecular weight is 270 g/mol. The van der Waals surface area contributed by atoms with Crippen LogP contribution in [0.25, 0.3) is 0 Å². The SMILES string of the molecule is CCCCCCCCCCC(CNCCC)C(C)C. The molecule has 1 N–H and O–H groups in total. The molecule has 0 aromatic heterocycles. The van der Waals surface area contributed by atoms with Crippen molar-refractivity contribution in [3.05, 3.63) is 0 Å². The second-order valence-electron chi connectivity index (χ2n) is 6.47. The molecule has 0 amide bonds. The Morgan fingerprint density at radius 1 is 0.737 bits per heavy atom. The fourth-order valence-electron chi connectivity index (χ4n) is 2.68. The standard InChI is InChI=1S/C18H39N/c1-5-7-8-9-10-11-12-13-14-18(17(3)4)16-19-15-6-2/h17-19H,5-16H2,1-4H3. The third-order valence-electron chi connectivity index (χ3n) is 4.20. The van der Waals surface area contributed by atoms with E-state index >= 15 is 0 Å². The number of nitrogens with one attached hydrogen (secondary N) is 1. The maximum atomic E-state index is 3.59. The summed E-state index contributed by atoms with van der Waals surface area (Å²) in [6.07, 6.45) is 14.2. The second kappa shape index (κ2) is 14.4. The first kappa shape index (κ1) is 19.0. The molecule has 0 aliphatic heterocycles. The zero-order valence-corrected chi connectivity index (χ0v) is 14.1. The summed E-state index contributed by atoms with van der Waals surface area (Å²) in [5, 5.41) is 3.59. The van der Waals surface area contributed by atoms with Gasteiger partial charge in [0.05, 0.1) is 0 Å². The minimum Gasteiger partial charge on any atom is -0.316 e. The Kier molecular flexibility index (Phi) is 14.3. The van der Waals surface area contributed by atoms with Crippen molar-refractivity contribution in [2.24, 2.45) is 11.8 Å². The van der Waals surface area contributed by atoms with Crippen LogP contribution in [0.5, 0.6) is 0 Å². The lowest BCUT2D eigenvalue weighted by Crippen LogP contribution is -2.26. The summed E-state index contributed by atoms with van der Waals surface area (Å²) in [5.41, 5.74) is 0. The molecule has 0 saturated carbocycles. The largest absolute Gasteiger partial charge is 0.316 e. The van der Waals surface area contributed by atoms with Gasteiger partial charge in [-0.3, -0.25) is 0 Å². The highest BCUT2D eigenvalue weighted by molar-refractivity contribution is 4.66. The molecule has 0 fully saturated rings. The van der Waals surface area contributed by atoms with Crippen molar-refractivity contribution in [2.45, 2.75) is 91.9 Å². The van der Waals surface area contributed by atoms with E-state index in [-0.39, 0.29) is 0 Å². The van der Waals surface area contributed by atoms with Gasteiger partial charge in [0.2, 0.25) is 0 Å². The summed E-state index contributed by atoms with van der Waals surface area (Å²) in [5.74, 6) is 1.71. The van der Waals surface area contributed by atoms with Crippen molar-refractivity contribution in [1.29, 1.82) is 0 Å². The molecule has 0 saturated heterocycles. The van der Waals surface area contributed by atoms with Crippen molar-refractivity contribution in [2.75, 3.05) is 13.1 Å². The predicted octanol–water partition coefficient (Wildman–Crippen LogP) is 5.79. The third-order valence-corrected chi connectivity index (χ3v) is 4.20. The number of hydrogen-bond acceptors (Lipinski definition) is 1. The molecule has 0 radical (unpaired) electrons. The minimum atomic E-state index is 0.828. The maximum Gasteiger partial charge on any atom is -0.00181 e. The number of hydrogen-bond donors (Lipinski definition) is 1. The van der Waals surface area contributed by atoms with Crippen LogP contribution in [0.15, 0.2) is 0 Å². The third kappa shape index (κ3) is 12.7. The van der Waals surface area contributed by atoms with Crippen molar-refractivity contribution in [3.8, 4) is 0 Å². The molecule has 1 atom stereocenters. The first-order chi connectivity index (χ1) is 9.22. The van der Waals surface area contributed by atoms with Gasteiger partial charge in [-0.1, -0.05) is 79.1 Å². The van der Waals surface area contributed by atoms with E-state index in [0.29, 0.717) is 0 Å². The van der Waals surface area contributed by atoms with Crippen LogP contribution in [0, 0.1) is 11.8 Å². The molecule has 0 aromatic rings. The Hall–Kier alpha value is -0.0400. The van der Waals surface area contributed by atoms with Gasteiger partial charge in [0.15, 0.2) is 0 Å². The van der Waals surface area contributed by atoms with Crippen LogP contribution >= 0.6 is 0 Å². The molecule has 1 unspecified atom stereocenters. The Balaban J connectivity index is 3.43. The summed E-state index contributed by atoms with van der Waals surface area (Å²) in [6.45, 7) is 11.7. The van der Waals surface area contributed by atoms with Gasteiger partial charge in [0.1, 0.15) is 0 Å². The van der Waals surface area contributed by atoms with Crippen molar-refractivity contribution in [1.82, 2.24) is 5.32 Å². The number of unbranched alkanes of at least 4 members (excludes halogenated alkanes) is 7. The smallest absolute Gasteiger partial charge is 0.00181 e. The average Bonchev–Trinajstić information content (AvgIpc) is 2.39. The molecule has 1 nitrogen and oxygen atoms in total. The fourth-order valence-corrected chi connectivity index (χ4v) is 2.68. The first-order valence-corrected chi connectivity index (χ1v) is 8.93. The minimum absolute atomic E-state index is 0.828. The van der Waals surface area contributed by atoms with Crippen molar-refractivity contribution in [3.63, 3.8) is 0 Å². The van der Waals surface area contributed by atoms with E-state index in [0.717, 1.165) is 11.8 Å². The Morgan fingerprint density at radius 2 is 1.32 bits per heavy atom. The summed E-state index contributed by atoms with van der Waals surface area (Å²) < 4.78 is 0. The molecule has 0 spiro atoms. The van der Waals surface area contributed by atoms with E-state index in [1.54, 1.807) is 0 Å². The predicted molar refractivity (Wildman–Crippen MR) is 88.7 cm³/mol. The Labute approximate surface area is 122 Å². The summed E-state index contributed by atoms with van der Waals surface area (Å²) in [7, 11) is 0. The lowest BCUT2D eigenvalue weighted by molar-refractivity contribution is 0.329. The summed E-state index contributed by atoms with van der Waals surface area (Å²) in [6, 6.07) is 0.